The van der Waals surface area contributed by atoms with Crippen molar-refractivity contribution in [3.05, 3.63) is 0 Å². The summed E-state index contributed by atoms with van der Waals surface area (Å²) in [6.45, 7) is 12.2. The fourth-order valence-corrected chi connectivity index (χ4v) is 3.72. The third-order valence-electron chi connectivity index (χ3n) is 4.54. The van der Waals surface area contributed by atoms with Crippen LogP contribution in [0.15, 0.2) is 0 Å². The molecule has 1 saturated heterocycles. The molecule has 2 rings (SSSR count). The van der Waals surface area contributed by atoms with E-state index in [-0.39, 0.29) is 0 Å². The van der Waals surface area contributed by atoms with E-state index >= 15 is 0 Å². The maximum Gasteiger partial charge on any atom is 0.0198 e. The van der Waals surface area contributed by atoms with Gasteiger partial charge in [-0.1, -0.05) is 33.6 Å². The fraction of sp³-hybridized carbons (Fsp3) is 1.00. The first kappa shape index (κ1) is 14.3. The first-order chi connectivity index (χ1) is 8.63. The van der Waals surface area contributed by atoms with Crippen molar-refractivity contribution in [2.75, 3.05) is 26.2 Å². The minimum Gasteiger partial charge on any atom is -0.312 e. The lowest BCUT2D eigenvalue weighted by molar-refractivity contribution is 0.129. The Hall–Kier alpha value is -0.0800. The van der Waals surface area contributed by atoms with Gasteiger partial charge in [0, 0.05) is 25.7 Å². The predicted octanol–water partition coefficient (Wildman–Crippen LogP) is 3.13. The van der Waals surface area contributed by atoms with Crippen LogP contribution in [0.4, 0.5) is 0 Å². The second-order valence-electron chi connectivity index (χ2n) is 7.21. The molecule has 2 nitrogen and oxygen atoms in total. The Morgan fingerprint density at radius 1 is 1.17 bits per heavy atom. The zero-order valence-electron chi connectivity index (χ0n) is 12.6. The Morgan fingerprint density at radius 2 is 1.89 bits per heavy atom. The smallest absolute Gasteiger partial charge is 0.0198 e. The van der Waals surface area contributed by atoms with Crippen LogP contribution in [0.25, 0.3) is 0 Å². The summed E-state index contributed by atoms with van der Waals surface area (Å²) in [5, 5.41) is 3.76. The molecule has 0 aromatic rings. The first-order valence-electron chi connectivity index (χ1n) is 8.09. The average molecular weight is 252 g/mol. The SMILES string of the molecule is CC(C)CNC1CC(C)CN(CC2CCCC2)C1. The van der Waals surface area contributed by atoms with E-state index in [2.05, 4.69) is 31.0 Å². The number of nitrogens with zero attached hydrogens (tertiary/aromatic N) is 1. The Balaban J connectivity index is 1.76. The fourth-order valence-electron chi connectivity index (χ4n) is 3.72. The lowest BCUT2D eigenvalue weighted by Gasteiger charge is -2.38. The second kappa shape index (κ2) is 6.91. The van der Waals surface area contributed by atoms with E-state index in [0.717, 1.165) is 23.8 Å². The van der Waals surface area contributed by atoms with Gasteiger partial charge in [-0.15, -0.1) is 0 Å². The highest BCUT2D eigenvalue weighted by atomic mass is 15.2. The van der Waals surface area contributed by atoms with Crippen molar-refractivity contribution in [3.8, 4) is 0 Å². The van der Waals surface area contributed by atoms with Crippen LogP contribution in [0, 0.1) is 17.8 Å². The lowest BCUT2D eigenvalue weighted by Crippen LogP contribution is -2.50. The zero-order valence-corrected chi connectivity index (χ0v) is 12.6. The third-order valence-corrected chi connectivity index (χ3v) is 4.54. The van der Waals surface area contributed by atoms with Crippen LogP contribution in [0.1, 0.15) is 52.9 Å². The Bertz CT molecular complexity index is 233. The molecule has 2 fully saturated rings. The summed E-state index contributed by atoms with van der Waals surface area (Å²) in [4.78, 5) is 2.74. The molecule has 2 aliphatic rings. The highest BCUT2D eigenvalue weighted by Gasteiger charge is 2.27. The minimum absolute atomic E-state index is 0.734. The van der Waals surface area contributed by atoms with E-state index in [1.807, 2.05) is 0 Å². The van der Waals surface area contributed by atoms with Gasteiger partial charge in [0.05, 0.1) is 0 Å². The van der Waals surface area contributed by atoms with Crippen LogP contribution >= 0.6 is 0 Å². The second-order valence-corrected chi connectivity index (χ2v) is 7.21. The van der Waals surface area contributed by atoms with Crippen LogP contribution in [-0.4, -0.2) is 37.1 Å². The van der Waals surface area contributed by atoms with Gasteiger partial charge in [0.1, 0.15) is 0 Å². The lowest BCUT2D eigenvalue weighted by atomic mass is 9.94. The van der Waals surface area contributed by atoms with E-state index in [4.69, 9.17) is 0 Å². The van der Waals surface area contributed by atoms with E-state index < -0.39 is 0 Å². The molecule has 1 aliphatic heterocycles. The molecule has 1 saturated carbocycles. The molecule has 0 aromatic heterocycles. The van der Waals surface area contributed by atoms with Crippen LogP contribution in [0.2, 0.25) is 0 Å². The number of hydrogen-bond acceptors (Lipinski definition) is 2. The van der Waals surface area contributed by atoms with Crippen molar-refractivity contribution in [3.63, 3.8) is 0 Å². The van der Waals surface area contributed by atoms with Crippen molar-refractivity contribution in [1.82, 2.24) is 10.2 Å². The van der Waals surface area contributed by atoms with Crippen LogP contribution in [0.5, 0.6) is 0 Å². The first-order valence-corrected chi connectivity index (χ1v) is 8.09. The molecule has 0 aromatic carbocycles. The van der Waals surface area contributed by atoms with Gasteiger partial charge in [0.15, 0.2) is 0 Å². The van der Waals surface area contributed by atoms with Crippen LogP contribution < -0.4 is 5.32 Å². The molecule has 0 radical (unpaired) electrons. The Kier molecular flexibility index (Phi) is 5.50. The number of hydrogen-bond donors (Lipinski definition) is 1. The highest BCUT2D eigenvalue weighted by molar-refractivity contribution is 4.84. The van der Waals surface area contributed by atoms with Crippen molar-refractivity contribution < 1.29 is 0 Å². The average Bonchev–Trinajstić information content (AvgIpc) is 2.78. The molecular formula is C16H32N2. The monoisotopic (exact) mass is 252 g/mol. The van der Waals surface area contributed by atoms with Crippen molar-refractivity contribution in [2.24, 2.45) is 17.8 Å². The van der Waals surface area contributed by atoms with Gasteiger partial charge in [-0.25, -0.2) is 0 Å². The normalized spacial score (nSPS) is 31.3. The highest BCUT2D eigenvalue weighted by Crippen LogP contribution is 2.27. The van der Waals surface area contributed by atoms with Crippen molar-refractivity contribution in [1.29, 1.82) is 0 Å². The molecule has 2 atom stereocenters. The molecule has 106 valence electrons. The maximum atomic E-state index is 3.76. The number of likely N-dealkylation sites (tertiary alicyclic amines) is 1. The molecule has 1 aliphatic carbocycles. The standard InChI is InChI=1S/C16H32N2/c1-13(2)9-17-16-8-14(3)10-18(12-16)11-15-6-4-5-7-15/h13-17H,4-12H2,1-3H3. The molecule has 2 heteroatoms. The summed E-state index contributed by atoms with van der Waals surface area (Å²) in [6.07, 6.45) is 7.28. The van der Waals surface area contributed by atoms with Gasteiger partial charge >= 0.3 is 0 Å². The van der Waals surface area contributed by atoms with E-state index in [1.54, 1.807) is 0 Å². The largest absolute Gasteiger partial charge is 0.312 e. The van der Waals surface area contributed by atoms with Gasteiger partial charge in [-0.05, 0) is 43.6 Å². The van der Waals surface area contributed by atoms with Crippen molar-refractivity contribution >= 4 is 0 Å². The van der Waals surface area contributed by atoms with E-state index in [9.17, 15) is 0 Å². The van der Waals surface area contributed by atoms with Gasteiger partial charge < -0.3 is 10.2 Å². The third kappa shape index (κ3) is 4.55. The number of piperidine rings is 1. The molecular weight excluding hydrogens is 220 g/mol. The van der Waals surface area contributed by atoms with Crippen molar-refractivity contribution in [2.45, 2.75) is 58.9 Å². The quantitative estimate of drug-likeness (QED) is 0.809. The summed E-state index contributed by atoms with van der Waals surface area (Å²) in [5.41, 5.74) is 0. The topological polar surface area (TPSA) is 15.3 Å². The van der Waals surface area contributed by atoms with Gasteiger partial charge in [-0.3, -0.25) is 0 Å². The zero-order chi connectivity index (χ0) is 13.0. The summed E-state index contributed by atoms with van der Waals surface area (Å²) >= 11 is 0. The summed E-state index contributed by atoms with van der Waals surface area (Å²) in [6, 6.07) is 0.734. The number of rotatable bonds is 5. The molecule has 2 unspecified atom stereocenters. The molecule has 18 heavy (non-hydrogen) atoms. The van der Waals surface area contributed by atoms with E-state index in [0.29, 0.717) is 0 Å². The van der Waals surface area contributed by atoms with Crippen LogP contribution in [-0.2, 0) is 0 Å². The van der Waals surface area contributed by atoms with Gasteiger partial charge in [-0.2, -0.15) is 0 Å². The molecule has 1 N–H and O–H groups in total. The predicted molar refractivity (Wildman–Crippen MR) is 78.8 cm³/mol. The Morgan fingerprint density at radius 3 is 2.56 bits per heavy atom. The number of nitrogens with one attached hydrogen (secondary N) is 1. The summed E-state index contributed by atoms with van der Waals surface area (Å²) in [7, 11) is 0. The molecule has 0 amide bonds. The molecule has 0 bridgehead atoms. The Labute approximate surface area is 114 Å². The summed E-state index contributed by atoms with van der Waals surface area (Å²) in [5.74, 6) is 2.64. The molecule has 1 heterocycles. The van der Waals surface area contributed by atoms with E-state index in [1.165, 1.54) is 58.3 Å². The summed E-state index contributed by atoms with van der Waals surface area (Å²) < 4.78 is 0. The van der Waals surface area contributed by atoms with Gasteiger partial charge in [0.25, 0.3) is 0 Å². The maximum absolute atomic E-state index is 3.76. The minimum atomic E-state index is 0.734. The molecule has 0 spiro atoms. The van der Waals surface area contributed by atoms with Gasteiger partial charge in [0.2, 0.25) is 0 Å². The van der Waals surface area contributed by atoms with Crippen LogP contribution in [0.3, 0.4) is 0 Å².